The van der Waals surface area contributed by atoms with Crippen LogP contribution in [0.15, 0.2) is 5.28 Å². The Hall–Kier alpha value is -1.24. The monoisotopic (exact) mass is 133 g/mol. The highest BCUT2D eigenvalue weighted by Crippen LogP contribution is 1.81. The van der Waals surface area contributed by atoms with Crippen LogP contribution in [-0.2, 0) is 0 Å². The van der Waals surface area contributed by atoms with Crippen LogP contribution < -0.4 is 5.73 Å². The number of hydroxylamine groups is 1. The van der Waals surface area contributed by atoms with Gasteiger partial charge in [-0.2, -0.15) is 0 Å². The second kappa shape index (κ2) is 2.92. The Labute approximate surface area is 51.0 Å². The van der Waals surface area contributed by atoms with Crippen molar-refractivity contribution in [2.75, 3.05) is 7.05 Å². The van der Waals surface area contributed by atoms with Gasteiger partial charge in [0.2, 0.25) is 0 Å². The molecule has 0 saturated heterocycles. The minimum Gasteiger partial charge on any atom is -0.739 e. The van der Waals surface area contributed by atoms with Gasteiger partial charge in [-0.3, -0.25) is 0 Å². The van der Waals surface area contributed by atoms with E-state index in [2.05, 4.69) is 0 Å². The Morgan fingerprint density at radius 2 is 2.22 bits per heavy atom. The van der Waals surface area contributed by atoms with E-state index in [0.29, 0.717) is 4.70 Å². The maximum Gasteiger partial charge on any atom is 0.459 e. The normalized spacial score (nSPS) is 15.1. The van der Waals surface area contributed by atoms with Crippen LogP contribution in [0.25, 0.3) is 0 Å². The molecule has 0 aromatic carbocycles. The second-order valence-electron chi connectivity index (χ2n) is 1.41. The topological polar surface area (TPSA) is 114 Å². The third kappa shape index (κ3) is 2.00. The fourth-order valence-corrected chi connectivity index (χ4v) is 0.196. The van der Waals surface area contributed by atoms with Crippen LogP contribution >= 0.6 is 0 Å². The quantitative estimate of drug-likeness (QED) is 0.226. The van der Waals surface area contributed by atoms with Crippen molar-refractivity contribution in [2.45, 2.75) is 6.29 Å². The Kier molecular flexibility index (Phi) is 2.52. The highest BCUT2D eigenvalue weighted by atomic mass is 16.6. The first-order chi connectivity index (χ1) is 4.09. The minimum atomic E-state index is -1.32. The molecule has 0 heterocycles. The molecule has 0 amide bonds. The fourth-order valence-electron chi connectivity index (χ4n) is 0.196. The Morgan fingerprint density at radius 1 is 1.78 bits per heavy atom. The summed E-state index contributed by atoms with van der Waals surface area (Å²) < 4.78 is 0.619. The fraction of sp³-hybridized carbons (Fsp3) is 1.00. The highest BCUT2D eigenvalue weighted by Gasteiger charge is 2.18. The third-order valence-electron chi connectivity index (χ3n) is 0.704. The molecule has 0 fully saturated rings. The molecule has 0 aliphatic carbocycles. The van der Waals surface area contributed by atoms with Crippen LogP contribution in [0.2, 0.25) is 0 Å². The molecule has 0 spiro atoms. The van der Waals surface area contributed by atoms with Crippen molar-refractivity contribution in [3.63, 3.8) is 0 Å². The Balaban J connectivity index is 4.04. The number of hydrogen-bond donors (Lipinski definition) is 2. The zero-order valence-electron chi connectivity index (χ0n) is 4.81. The molecular weight excluding hydrogens is 126 g/mol. The first-order valence-corrected chi connectivity index (χ1v) is 2.09. The molecule has 0 aliphatic rings. The summed E-state index contributed by atoms with van der Waals surface area (Å²) in [6.45, 7) is 0. The second-order valence-corrected chi connectivity index (χ2v) is 1.41. The molecule has 0 saturated carbocycles. The lowest BCUT2D eigenvalue weighted by Crippen LogP contribution is -2.38. The lowest BCUT2D eigenvalue weighted by Gasteiger charge is -2.02. The molecule has 0 rings (SSSR count). The van der Waals surface area contributed by atoms with Gasteiger partial charge in [0.15, 0.2) is 7.05 Å². The summed E-state index contributed by atoms with van der Waals surface area (Å²) in [5.74, 6) is 0. The molecule has 1 atom stereocenters. The lowest BCUT2D eigenvalue weighted by molar-refractivity contribution is -0.805. The number of nitrogens with two attached hydrogens (primary N) is 1. The van der Waals surface area contributed by atoms with E-state index in [1.165, 1.54) is 7.05 Å². The van der Waals surface area contributed by atoms with Gasteiger partial charge in [-0.05, 0) is 10.1 Å². The molecule has 9 heavy (non-hydrogen) atoms. The summed E-state index contributed by atoms with van der Waals surface area (Å²) >= 11 is 0. The lowest BCUT2D eigenvalue weighted by atomic mass is 10.9. The van der Waals surface area contributed by atoms with Gasteiger partial charge in [0.1, 0.15) is 0 Å². The van der Waals surface area contributed by atoms with Gasteiger partial charge >= 0.3 is 6.29 Å². The van der Waals surface area contributed by atoms with Crippen LogP contribution in [0.1, 0.15) is 0 Å². The van der Waals surface area contributed by atoms with Gasteiger partial charge in [-0.15, -0.1) is 0 Å². The largest absolute Gasteiger partial charge is 0.739 e. The molecule has 0 radical (unpaired) electrons. The van der Waals surface area contributed by atoms with E-state index in [0.717, 1.165) is 0 Å². The standard InChI is InChI=1S/C2H7N5O2/c1-6(4)2(3)7(9)5-8/h2,4H,3H2,1H3/b6-4?,7-5-. The van der Waals surface area contributed by atoms with E-state index in [9.17, 15) is 10.4 Å². The number of nitrogens with one attached hydrogen (secondary N) is 1. The minimum absolute atomic E-state index is 0.299. The maximum atomic E-state index is 10.1. The van der Waals surface area contributed by atoms with Gasteiger partial charge < -0.3 is 10.4 Å². The van der Waals surface area contributed by atoms with Gasteiger partial charge in [0, 0.05) is 0 Å². The van der Waals surface area contributed by atoms with Gasteiger partial charge in [-0.25, -0.2) is 5.73 Å². The summed E-state index contributed by atoms with van der Waals surface area (Å²) in [6, 6.07) is 0. The smallest absolute Gasteiger partial charge is 0.459 e. The molecule has 0 aliphatic heterocycles. The molecule has 0 aromatic rings. The van der Waals surface area contributed by atoms with Crippen LogP contribution in [0.4, 0.5) is 0 Å². The van der Waals surface area contributed by atoms with Crippen molar-refractivity contribution < 1.29 is 9.56 Å². The predicted octanol–water partition coefficient (Wildman–Crippen LogP) is -0.638. The average Bonchev–Trinajstić information content (AvgIpc) is 1.84. The summed E-state index contributed by atoms with van der Waals surface area (Å²) in [4.78, 5) is -0.299. The maximum absolute atomic E-state index is 10.1. The van der Waals surface area contributed by atoms with E-state index in [1.54, 1.807) is 0 Å². The van der Waals surface area contributed by atoms with Crippen molar-refractivity contribution in [3.8, 4) is 0 Å². The molecule has 7 nitrogen and oxygen atoms in total. The van der Waals surface area contributed by atoms with Crippen LogP contribution in [0.3, 0.4) is 0 Å². The first kappa shape index (κ1) is 7.76. The number of rotatable bonds is 2. The van der Waals surface area contributed by atoms with E-state index < -0.39 is 6.29 Å². The van der Waals surface area contributed by atoms with Gasteiger partial charge in [0.25, 0.3) is 0 Å². The molecule has 52 valence electrons. The summed E-state index contributed by atoms with van der Waals surface area (Å²) in [7, 11) is 1.24. The number of nitrogens with zero attached hydrogens (tertiary/aromatic N) is 3. The first-order valence-electron chi connectivity index (χ1n) is 2.09. The zero-order chi connectivity index (χ0) is 7.44. The van der Waals surface area contributed by atoms with E-state index in [1.807, 2.05) is 5.28 Å². The van der Waals surface area contributed by atoms with Crippen molar-refractivity contribution in [1.29, 1.82) is 5.53 Å². The summed E-state index contributed by atoms with van der Waals surface area (Å²) in [5.41, 5.74) is 11.6. The van der Waals surface area contributed by atoms with E-state index in [-0.39, 0.29) is 4.86 Å². The summed E-state index contributed by atoms with van der Waals surface area (Å²) in [6.07, 6.45) is -1.32. The molecule has 1 unspecified atom stereocenters. The van der Waals surface area contributed by atoms with E-state index >= 15 is 0 Å². The van der Waals surface area contributed by atoms with Crippen LogP contribution in [0, 0.1) is 15.9 Å². The number of hydrogen-bond acceptors (Lipinski definition) is 5. The van der Waals surface area contributed by atoms with Gasteiger partial charge in [-0.1, -0.05) is 10.2 Å². The van der Waals surface area contributed by atoms with Crippen LogP contribution in [-0.4, -0.2) is 22.9 Å². The molecular formula is C2H7N5O2. The van der Waals surface area contributed by atoms with Crippen molar-refractivity contribution in [3.05, 3.63) is 10.4 Å². The zero-order valence-corrected chi connectivity index (χ0v) is 4.81. The van der Waals surface area contributed by atoms with Crippen molar-refractivity contribution >= 4 is 0 Å². The highest BCUT2D eigenvalue weighted by molar-refractivity contribution is 4.18. The molecule has 3 N–H and O–H groups in total. The van der Waals surface area contributed by atoms with Crippen LogP contribution in [0.5, 0.6) is 0 Å². The molecule has 7 heteroatoms. The van der Waals surface area contributed by atoms with Crippen molar-refractivity contribution in [2.24, 2.45) is 11.0 Å². The SMILES string of the molecule is C[N+](=N)C(N)/[N+]([O-])=N/[O-]. The average molecular weight is 133 g/mol. The molecule has 0 bridgehead atoms. The summed E-state index contributed by atoms with van der Waals surface area (Å²) in [5, 5.41) is 21.5. The Morgan fingerprint density at radius 3 is 2.33 bits per heavy atom. The molecule has 0 aromatic heterocycles. The van der Waals surface area contributed by atoms with E-state index in [4.69, 9.17) is 11.3 Å². The Bertz CT molecular complexity index is 142. The predicted molar refractivity (Wildman–Crippen MR) is 26.3 cm³/mol. The third-order valence-corrected chi connectivity index (χ3v) is 0.704. The van der Waals surface area contributed by atoms with Crippen molar-refractivity contribution in [1.82, 2.24) is 0 Å². The van der Waals surface area contributed by atoms with Gasteiger partial charge in [0.05, 0.1) is 0 Å².